The predicted molar refractivity (Wildman–Crippen MR) is 115 cm³/mol. The number of anilines is 1. The van der Waals surface area contributed by atoms with Crippen LogP contribution < -0.4 is 5.32 Å². The Morgan fingerprint density at radius 3 is 2.50 bits per heavy atom. The third kappa shape index (κ3) is 4.37. The summed E-state index contributed by atoms with van der Waals surface area (Å²) in [6.07, 6.45) is 2.32. The SMILES string of the molecule is Cc1ccc(-n2cnnn2)cc1NC(=O)C1CCN(S(=O)(=O)c2ccc(C#N)cc2)CC1. The fourth-order valence-corrected chi connectivity index (χ4v) is 5.08. The van der Waals surface area contributed by atoms with Crippen molar-refractivity contribution in [3.8, 4) is 11.8 Å². The van der Waals surface area contributed by atoms with Crippen molar-refractivity contribution >= 4 is 21.6 Å². The lowest BCUT2D eigenvalue weighted by Crippen LogP contribution is -2.41. The molecule has 0 unspecified atom stereocenters. The van der Waals surface area contributed by atoms with E-state index >= 15 is 0 Å². The highest BCUT2D eigenvalue weighted by atomic mass is 32.2. The molecule has 1 aliphatic heterocycles. The van der Waals surface area contributed by atoms with Gasteiger partial charge in [0, 0.05) is 24.7 Å². The molecule has 2 aromatic carbocycles. The molecule has 1 aliphatic rings. The highest BCUT2D eigenvalue weighted by molar-refractivity contribution is 7.89. The molecule has 11 heteroatoms. The average Bonchev–Trinajstić information content (AvgIpc) is 3.35. The van der Waals surface area contributed by atoms with Crippen molar-refractivity contribution in [3.05, 3.63) is 59.9 Å². The van der Waals surface area contributed by atoms with Crippen LogP contribution in [-0.2, 0) is 14.8 Å². The van der Waals surface area contributed by atoms with Gasteiger partial charge in [0.25, 0.3) is 0 Å². The Morgan fingerprint density at radius 1 is 1.16 bits per heavy atom. The number of benzene rings is 2. The van der Waals surface area contributed by atoms with Crippen LogP contribution in [0.1, 0.15) is 24.0 Å². The number of nitrogens with zero attached hydrogens (tertiary/aromatic N) is 6. The number of amides is 1. The summed E-state index contributed by atoms with van der Waals surface area (Å²) >= 11 is 0. The molecule has 32 heavy (non-hydrogen) atoms. The molecule has 164 valence electrons. The van der Waals surface area contributed by atoms with E-state index in [1.807, 2.05) is 25.1 Å². The predicted octanol–water partition coefficient (Wildman–Crippen LogP) is 1.88. The molecule has 0 aliphatic carbocycles. The largest absolute Gasteiger partial charge is 0.326 e. The summed E-state index contributed by atoms with van der Waals surface area (Å²) in [5.74, 6) is -0.434. The Morgan fingerprint density at radius 2 is 1.88 bits per heavy atom. The Hall–Kier alpha value is -3.62. The van der Waals surface area contributed by atoms with Crippen molar-refractivity contribution in [1.29, 1.82) is 5.26 Å². The second kappa shape index (κ2) is 8.86. The zero-order chi connectivity index (χ0) is 22.7. The van der Waals surface area contributed by atoms with Crippen LogP contribution >= 0.6 is 0 Å². The van der Waals surface area contributed by atoms with Crippen LogP contribution in [0.4, 0.5) is 5.69 Å². The van der Waals surface area contributed by atoms with Gasteiger partial charge in [-0.3, -0.25) is 4.79 Å². The van der Waals surface area contributed by atoms with E-state index in [0.717, 1.165) is 11.3 Å². The second-order valence-electron chi connectivity index (χ2n) is 7.56. The molecule has 0 saturated carbocycles. The molecule has 0 radical (unpaired) electrons. The van der Waals surface area contributed by atoms with Crippen LogP contribution in [0.2, 0.25) is 0 Å². The lowest BCUT2D eigenvalue weighted by molar-refractivity contribution is -0.120. The number of nitriles is 1. The number of aryl methyl sites for hydroxylation is 1. The van der Waals surface area contributed by atoms with E-state index in [-0.39, 0.29) is 29.8 Å². The average molecular weight is 452 g/mol. The fraction of sp³-hybridized carbons (Fsp3) is 0.286. The summed E-state index contributed by atoms with van der Waals surface area (Å²) < 4.78 is 28.6. The van der Waals surface area contributed by atoms with Crippen molar-refractivity contribution < 1.29 is 13.2 Å². The number of nitrogens with one attached hydrogen (secondary N) is 1. The van der Waals surface area contributed by atoms with E-state index in [0.29, 0.717) is 24.1 Å². The maximum atomic E-state index is 12.9. The molecule has 10 nitrogen and oxygen atoms in total. The van der Waals surface area contributed by atoms with Gasteiger partial charge in [-0.2, -0.15) is 9.57 Å². The van der Waals surface area contributed by atoms with E-state index in [4.69, 9.17) is 5.26 Å². The lowest BCUT2D eigenvalue weighted by atomic mass is 9.97. The van der Waals surface area contributed by atoms with Crippen LogP contribution in [0.25, 0.3) is 5.69 Å². The Labute approximate surface area is 185 Å². The van der Waals surface area contributed by atoms with Crippen LogP contribution in [0.15, 0.2) is 53.7 Å². The highest BCUT2D eigenvalue weighted by Gasteiger charge is 2.32. The van der Waals surface area contributed by atoms with Crippen LogP contribution in [0.3, 0.4) is 0 Å². The van der Waals surface area contributed by atoms with Crippen LogP contribution in [0.5, 0.6) is 0 Å². The summed E-state index contributed by atoms with van der Waals surface area (Å²) in [6, 6.07) is 13.3. The van der Waals surface area contributed by atoms with Gasteiger partial charge in [-0.15, -0.1) is 5.10 Å². The quantitative estimate of drug-likeness (QED) is 0.626. The van der Waals surface area contributed by atoms with Gasteiger partial charge in [-0.25, -0.2) is 13.1 Å². The number of carbonyl (C=O) groups is 1. The molecule has 1 N–H and O–H groups in total. The summed E-state index contributed by atoms with van der Waals surface area (Å²) in [6.45, 7) is 2.40. The molecule has 3 aromatic rings. The zero-order valence-corrected chi connectivity index (χ0v) is 18.2. The zero-order valence-electron chi connectivity index (χ0n) is 17.3. The Bertz CT molecular complexity index is 1260. The van der Waals surface area contributed by atoms with Gasteiger partial charge in [0.2, 0.25) is 15.9 Å². The smallest absolute Gasteiger partial charge is 0.243 e. The minimum Gasteiger partial charge on any atom is -0.326 e. The van der Waals surface area contributed by atoms with E-state index in [9.17, 15) is 13.2 Å². The van der Waals surface area contributed by atoms with Gasteiger partial charge in [0.15, 0.2) is 0 Å². The molecule has 0 atom stereocenters. The van der Waals surface area contributed by atoms with Gasteiger partial charge in [0.05, 0.1) is 22.2 Å². The highest BCUT2D eigenvalue weighted by Crippen LogP contribution is 2.26. The molecule has 1 aromatic heterocycles. The normalized spacial score (nSPS) is 15.2. The van der Waals surface area contributed by atoms with E-state index in [2.05, 4.69) is 20.8 Å². The number of hydrogen-bond acceptors (Lipinski definition) is 7. The molecule has 2 heterocycles. The topological polar surface area (TPSA) is 134 Å². The molecule has 1 saturated heterocycles. The number of sulfonamides is 1. The number of carbonyl (C=O) groups excluding carboxylic acids is 1. The summed E-state index contributed by atoms with van der Waals surface area (Å²) in [5.41, 5.74) is 2.68. The van der Waals surface area contributed by atoms with Gasteiger partial charge in [0.1, 0.15) is 6.33 Å². The molecular formula is C21H21N7O3S. The maximum Gasteiger partial charge on any atom is 0.243 e. The van der Waals surface area contributed by atoms with Crippen LogP contribution in [0, 0.1) is 24.2 Å². The molecule has 0 spiro atoms. The Balaban J connectivity index is 1.41. The van der Waals surface area contributed by atoms with Gasteiger partial charge < -0.3 is 5.32 Å². The molecular weight excluding hydrogens is 430 g/mol. The number of aromatic nitrogens is 4. The summed E-state index contributed by atoms with van der Waals surface area (Å²) in [7, 11) is -3.66. The first-order valence-corrected chi connectivity index (χ1v) is 11.5. The first-order valence-electron chi connectivity index (χ1n) is 10.0. The third-order valence-electron chi connectivity index (χ3n) is 5.54. The molecule has 1 amide bonds. The van der Waals surface area contributed by atoms with Gasteiger partial charge in [-0.1, -0.05) is 6.07 Å². The van der Waals surface area contributed by atoms with E-state index in [1.54, 1.807) is 6.07 Å². The van der Waals surface area contributed by atoms with Gasteiger partial charge >= 0.3 is 0 Å². The van der Waals surface area contributed by atoms with Crippen LogP contribution in [-0.4, -0.2) is 51.9 Å². The van der Waals surface area contributed by atoms with Crippen molar-refractivity contribution in [2.45, 2.75) is 24.7 Å². The lowest BCUT2D eigenvalue weighted by Gasteiger charge is -2.30. The number of rotatable bonds is 5. The monoisotopic (exact) mass is 451 g/mol. The second-order valence-corrected chi connectivity index (χ2v) is 9.50. The van der Waals surface area contributed by atoms with E-state index in [1.165, 1.54) is 39.6 Å². The molecule has 1 fully saturated rings. The number of piperidine rings is 1. The summed E-state index contributed by atoms with van der Waals surface area (Å²) in [4.78, 5) is 13.0. The molecule has 0 bridgehead atoms. The number of tetrazole rings is 1. The number of hydrogen-bond donors (Lipinski definition) is 1. The minimum atomic E-state index is -3.66. The fourth-order valence-electron chi connectivity index (χ4n) is 3.61. The first-order chi connectivity index (χ1) is 15.4. The van der Waals surface area contributed by atoms with Crippen molar-refractivity contribution in [3.63, 3.8) is 0 Å². The molecule has 4 rings (SSSR count). The van der Waals surface area contributed by atoms with Crippen molar-refractivity contribution in [2.24, 2.45) is 5.92 Å². The standard InChI is InChI=1S/C21H21N7O3S/c1-15-2-5-18(28-14-23-25-26-28)12-20(15)24-21(29)17-8-10-27(11-9-17)32(30,31)19-6-3-16(13-22)4-7-19/h2-7,12,14,17H,8-11H2,1H3,(H,24,29). The first kappa shape index (κ1) is 21.6. The van der Waals surface area contributed by atoms with Crippen molar-refractivity contribution in [2.75, 3.05) is 18.4 Å². The van der Waals surface area contributed by atoms with Crippen molar-refractivity contribution in [1.82, 2.24) is 24.5 Å². The third-order valence-corrected chi connectivity index (χ3v) is 7.45. The van der Waals surface area contributed by atoms with E-state index < -0.39 is 10.0 Å². The minimum absolute atomic E-state index is 0.141. The summed E-state index contributed by atoms with van der Waals surface area (Å²) in [5, 5.41) is 22.9. The Kier molecular flexibility index (Phi) is 5.98. The van der Waals surface area contributed by atoms with Gasteiger partial charge in [-0.05, 0) is 72.2 Å². The maximum absolute atomic E-state index is 12.9.